The lowest BCUT2D eigenvalue weighted by Gasteiger charge is -2.20. The van der Waals surface area contributed by atoms with Gasteiger partial charge < -0.3 is 40.9 Å². The van der Waals surface area contributed by atoms with Crippen LogP contribution in [-0.4, -0.2) is 63.7 Å². The molecule has 0 spiro atoms. The lowest BCUT2D eigenvalue weighted by Crippen LogP contribution is -2.08. The molecule has 0 unspecified atom stereocenters. The quantitative estimate of drug-likeness (QED) is 0.106. The third kappa shape index (κ3) is 5.48. The Morgan fingerprint density at radius 1 is 0.339 bits per heavy atom. The summed E-state index contributed by atoms with van der Waals surface area (Å²) in [6, 6.07) is 16.5. The van der Waals surface area contributed by atoms with Crippen LogP contribution < -0.4 is 0 Å². The van der Waals surface area contributed by atoms with Gasteiger partial charge in [-0.3, -0.25) is 0 Å². The van der Waals surface area contributed by atoms with Crippen molar-refractivity contribution in [3.63, 3.8) is 0 Å². The molecule has 4 aromatic carbocycles. The van der Waals surface area contributed by atoms with E-state index >= 15 is 0 Å². The molecule has 0 saturated heterocycles. The van der Waals surface area contributed by atoms with Crippen LogP contribution in [0.1, 0.15) is 22.3 Å². The van der Waals surface area contributed by atoms with E-state index in [9.17, 15) is 40.9 Å². The molecule has 0 amide bonds. The molecule has 56 heavy (non-hydrogen) atoms. The molecule has 5 heterocycles. The lowest BCUT2D eigenvalue weighted by molar-refractivity contribution is 0.445. The molecule has 0 fully saturated rings. The van der Waals surface area contributed by atoms with Gasteiger partial charge in [0, 0.05) is 22.3 Å². The Hall–Kier alpha value is -8.12. The number of hydrogen-bond acceptors (Lipinski definition) is 12. The second-order valence-electron chi connectivity index (χ2n) is 13.1. The fraction of sp³-hybridized carbons (Fsp3) is 0. The molecule has 9 rings (SSSR count). The fourth-order valence-corrected chi connectivity index (χ4v) is 7.21. The minimum atomic E-state index is -0.427. The highest BCUT2D eigenvalue weighted by Crippen LogP contribution is 2.54. The summed E-state index contributed by atoms with van der Waals surface area (Å²) in [6.07, 6.45) is 13.7. The third-order valence-electron chi connectivity index (χ3n) is 9.58. The Morgan fingerprint density at radius 3 is 1.25 bits per heavy atom. The second-order valence-corrected chi connectivity index (χ2v) is 13.1. The molecular weight excluding hydrogens is 713 g/mol. The van der Waals surface area contributed by atoms with Crippen molar-refractivity contribution in [3.8, 4) is 46.0 Å². The number of aliphatic imine (C=N–C) groups is 4. The number of aromatic hydroxyl groups is 8. The summed E-state index contributed by atoms with van der Waals surface area (Å²) < 4.78 is 0. The Kier molecular flexibility index (Phi) is 7.69. The normalized spacial score (nSPS) is 17.0. The molecule has 12 nitrogen and oxygen atoms in total. The van der Waals surface area contributed by atoms with Crippen molar-refractivity contribution in [3.05, 3.63) is 166 Å². The minimum absolute atomic E-state index is 0.0164. The van der Waals surface area contributed by atoms with Crippen LogP contribution in [0.4, 0.5) is 0 Å². The monoisotopic (exact) mass is 740 g/mol. The van der Waals surface area contributed by atoms with Crippen molar-refractivity contribution in [2.45, 2.75) is 0 Å². The van der Waals surface area contributed by atoms with E-state index in [1.807, 2.05) is 0 Å². The maximum absolute atomic E-state index is 11.6. The van der Waals surface area contributed by atoms with Crippen LogP contribution in [0.15, 0.2) is 164 Å². The van der Waals surface area contributed by atoms with Crippen LogP contribution in [0.2, 0.25) is 0 Å². The zero-order chi connectivity index (χ0) is 38.8. The first-order valence-corrected chi connectivity index (χ1v) is 17.2. The highest BCUT2D eigenvalue weighted by Gasteiger charge is 2.38. The maximum Gasteiger partial charge on any atom is 0.127 e. The van der Waals surface area contributed by atoms with Gasteiger partial charge in [-0.05, 0) is 97.1 Å². The molecule has 12 heteroatoms. The molecule has 0 atom stereocenters. The van der Waals surface area contributed by atoms with E-state index in [1.165, 1.54) is 72.8 Å². The maximum atomic E-state index is 11.6. The third-order valence-corrected chi connectivity index (χ3v) is 9.58. The van der Waals surface area contributed by atoms with Gasteiger partial charge in [0.15, 0.2) is 0 Å². The average molecular weight is 741 g/mol. The molecular formula is C44H28N4O8. The number of rotatable bonds is 4. The molecule has 0 aromatic heterocycles. The number of allylic oxidation sites excluding steroid dienone is 12. The number of benzene rings is 4. The SMILES string of the molecule is Oc1cccc(O)c1C1=CC2=CC3=NC(=CC4=NC(=CC5=NC(=C(c6c(O)cccc6O)C1=N2)C(c1c(O)cccc1O)=C5c1c(O)cccc1O)C=C4)C=C3. The Balaban J connectivity index is 1.52. The van der Waals surface area contributed by atoms with E-state index < -0.39 is 23.0 Å². The van der Waals surface area contributed by atoms with E-state index in [1.54, 1.807) is 48.6 Å². The number of phenols is 8. The van der Waals surface area contributed by atoms with Gasteiger partial charge in [0.05, 0.1) is 67.9 Å². The lowest BCUT2D eigenvalue weighted by atomic mass is 9.84. The zero-order valence-corrected chi connectivity index (χ0v) is 28.9. The molecule has 5 aliphatic rings. The van der Waals surface area contributed by atoms with Crippen molar-refractivity contribution in [2.75, 3.05) is 0 Å². The van der Waals surface area contributed by atoms with Crippen molar-refractivity contribution >= 4 is 45.1 Å². The average Bonchev–Trinajstić information content (AvgIpc) is 3.95. The summed E-state index contributed by atoms with van der Waals surface area (Å²) in [5.74, 6) is -3.08. The van der Waals surface area contributed by atoms with Crippen LogP contribution in [-0.2, 0) is 0 Å². The first kappa shape index (κ1) is 33.7. The van der Waals surface area contributed by atoms with E-state index in [-0.39, 0.29) is 84.7 Å². The van der Waals surface area contributed by atoms with Crippen LogP contribution in [0.3, 0.4) is 0 Å². The van der Waals surface area contributed by atoms with Crippen molar-refractivity contribution < 1.29 is 40.9 Å². The van der Waals surface area contributed by atoms with Gasteiger partial charge >= 0.3 is 0 Å². The van der Waals surface area contributed by atoms with Crippen LogP contribution in [0.5, 0.6) is 46.0 Å². The summed E-state index contributed by atoms with van der Waals surface area (Å²) in [5.41, 5.74) is 1.81. The van der Waals surface area contributed by atoms with E-state index in [0.717, 1.165) is 0 Å². The van der Waals surface area contributed by atoms with Crippen molar-refractivity contribution in [1.29, 1.82) is 0 Å². The summed E-state index contributed by atoms with van der Waals surface area (Å²) in [6.45, 7) is 0. The summed E-state index contributed by atoms with van der Waals surface area (Å²) >= 11 is 0. The first-order valence-electron chi connectivity index (χ1n) is 17.2. The van der Waals surface area contributed by atoms with Gasteiger partial charge in [0.1, 0.15) is 46.0 Å². The van der Waals surface area contributed by atoms with Crippen LogP contribution in [0.25, 0.3) is 22.3 Å². The molecule has 8 bridgehead atoms. The highest BCUT2D eigenvalue weighted by atomic mass is 16.3. The van der Waals surface area contributed by atoms with Gasteiger partial charge in [-0.15, -0.1) is 0 Å². The molecule has 5 aliphatic heterocycles. The smallest absolute Gasteiger partial charge is 0.127 e. The van der Waals surface area contributed by atoms with Gasteiger partial charge in [0.2, 0.25) is 0 Å². The van der Waals surface area contributed by atoms with Gasteiger partial charge in [-0.25, -0.2) is 20.0 Å². The summed E-state index contributed by atoms with van der Waals surface area (Å²) in [5, 5.41) is 91.6. The summed E-state index contributed by atoms with van der Waals surface area (Å²) in [7, 11) is 0. The fourth-order valence-electron chi connectivity index (χ4n) is 7.21. The zero-order valence-electron chi connectivity index (χ0n) is 28.9. The predicted molar refractivity (Wildman–Crippen MR) is 213 cm³/mol. The van der Waals surface area contributed by atoms with Crippen LogP contribution in [0, 0.1) is 0 Å². The van der Waals surface area contributed by atoms with E-state index in [0.29, 0.717) is 28.5 Å². The first-order chi connectivity index (χ1) is 27.0. The number of nitrogens with zero attached hydrogens (tertiary/aromatic N) is 4. The van der Waals surface area contributed by atoms with Crippen molar-refractivity contribution in [2.24, 2.45) is 20.0 Å². The highest BCUT2D eigenvalue weighted by molar-refractivity contribution is 6.51. The molecule has 0 radical (unpaired) electrons. The van der Waals surface area contributed by atoms with Crippen molar-refractivity contribution in [1.82, 2.24) is 0 Å². The Morgan fingerprint density at radius 2 is 0.750 bits per heavy atom. The Bertz CT molecular complexity index is 2800. The molecule has 0 aliphatic carbocycles. The molecule has 4 aromatic rings. The minimum Gasteiger partial charge on any atom is -0.507 e. The molecule has 8 N–H and O–H groups in total. The summed E-state index contributed by atoms with van der Waals surface area (Å²) in [4.78, 5) is 19.5. The predicted octanol–water partition coefficient (Wildman–Crippen LogP) is 7.33. The standard InChI is InChI=1S/C44H28N4O8/c49-28-5-1-6-29(50)36(28)26-19-25-18-23-14-13-21(45-23)17-22-15-16-24(46-22)20-27-37(38-30(51)7-2-8-31(38)52)41(39-32(53)9-3-10-33(39)54)44(48-27)42(43(26)47-25)40-34(55)11-4-12-35(40)56/h1-20,49-56H. The number of phenolic OH excluding ortho intramolecular Hbond substituents is 8. The van der Waals surface area contributed by atoms with Crippen LogP contribution >= 0.6 is 0 Å². The molecule has 0 saturated carbocycles. The topological polar surface area (TPSA) is 211 Å². The number of fused-ring (bicyclic) bond motifs is 4. The largest absolute Gasteiger partial charge is 0.507 e. The van der Waals surface area contributed by atoms with Gasteiger partial charge in [0.25, 0.3) is 0 Å². The number of hydrogen-bond donors (Lipinski definition) is 8. The molecule has 272 valence electrons. The van der Waals surface area contributed by atoms with Gasteiger partial charge in [-0.1, -0.05) is 24.3 Å². The second kappa shape index (κ2) is 12.8. The van der Waals surface area contributed by atoms with E-state index in [4.69, 9.17) is 20.0 Å². The van der Waals surface area contributed by atoms with Gasteiger partial charge in [-0.2, -0.15) is 0 Å². The Labute approximate surface area is 317 Å². The van der Waals surface area contributed by atoms with E-state index in [2.05, 4.69) is 0 Å².